The monoisotopic (exact) mass is 344 g/mol. The van der Waals surface area contributed by atoms with E-state index >= 15 is 0 Å². The lowest BCUT2D eigenvalue weighted by atomic mass is 9.97. The predicted octanol–water partition coefficient (Wildman–Crippen LogP) is 2.09. The summed E-state index contributed by atoms with van der Waals surface area (Å²) in [6, 6.07) is 7.54. The number of benzene rings is 1. The Morgan fingerprint density at radius 2 is 2.20 bits per heavy atom. The van der Waals surface area contributed by atoms with E-state index in [1.54, 1.807) is 7.11 Å². The molecule has 1 saturated heterocycles. The van der Waals surface area contributed by atoms with Crippen LogP contribution in [0.4, 0.5) is 0 Å². The topological polar surface area (TPSA) is 80.5 Å². The number of nitrogens with zero attached hydrogens (tertiary/aromatic N) is 3. The van der Waals surface area contributed by atoms with Crippen LogP contribution >= 0.6 is 0 Å². The highest BCUT2D eigenvalue weighted by atomic mass is 16.5. The molecule has 25 heavy (non-hydrogen) atoms. The van der Waals surface area contributed by atoms with Gasteiger partial charge in [0.2, 0.25) is 17.6 Å². The van der Waals surface area contributed by atoms with Gasteiger partial charge in [0.05, 0.1) is 19.6 Å². The van der Waals surface area contributed by atoms with Gasteiger partial charge in [0.1, 0.15) is 5.75 Å². The second-order valence-electron chi connectivity index (χ2n) is 6.21. The number of methoxy groups -OCH3 is 1. The molecule has 0 bridgehead atoms. The summed E-state index contributed by atoms with van der Waals surface area (Å²) in [6.07, 6.45) is 1.94. The minimum atomic E-state index is 0.0395. The fraction of sp³-hybridized carbons (Fsp3) is 0.500. The maximum Gasteiger partial charge on any atom is 0.241 e. The number of nitrogens with one attached hydrogen (secondary N) is 1. The Morgan fingerprint density at radius 1 is 1.40 bits per heavy atom. The summed E-state index contributed by atoms with van der Waals surface area (Å²) < 4.78 is 10.5. The number of ether oxygens (including phenoxy) is 1. The lowest BCUT2D eigenvalue weighted by Crippen LogP contribution is -2.42. The molecule has 1 fully saturated rings. The van der Waals surface area contributed by atoms with E-state index in [0.29, 0.717) is 24.8 Å². The SMILES string of the molecule is CCNC(=O)C1CCCN(Cc2nc(-c3ccc(OC)cc3)no2)C1. The quantitative estimate of drug-likeness (QED) is 0.864. The van der Waals surface area contributed by atoms with Gasteiger partial charge in [0, 0.05) is 18.7 Å². The van der Waals surface area contributed by atoms with Crippen LogP contribution in [0.15, 0.2) is 28.8 Å². The molecular formula is C18H24N4O3. The van der Waals surface area contributed by atoms with E-state index < -0.39 is 0 Å². The largest absolute Gasteiger partial charge is 0.497 e. The number of rotatable bonds is 6. The summed E-state index contributed by atoms with van der Waals surface area (Å²) in [6.45, 7) is 4.85. The summed E-state index contributed by atoms with van der Waals surface area (Å²) in [5.74, 6) is 2.10. The van der Waals surface area contributed by atoms with Crippen LogP contribution in [0.5, 0.6) is 5.75 Å². The number of likely N-dealkylation sites (tertiary alicyclic amines) is 1. The van der Waals surface area contributed by atoms with Gasteiger partial charge < -0.3 is 14.6 Å². The number of carbonyl (C=O) groups excluding carboxylic acids is 1. The normalized spacial score (nSPS) is 18.1. The van der Waals surface area contributed by atoms with Crippen LogP contribution in [0, 0.1) is 5.92 Å². The molecule has 134 valence electrons. The molecule has 7 nitrogen and oxygen atoms in total. The Kier molecular flexibility index (Phi) is 5.65. The van der Waals surface area contributed by atoms with Crippen LogP contribution in [0.2, 0.25) is 0 Å². The standard InChI is InChI=1S/C18H24N4O3/c1-3-19-18(23)14-5-4-10-22(11-14)12-16-20-17(21-25-16)13-6-8-15(24-2)9-7-13/h6-9,14H,3-5,10-12H2,1-2H3,(H,19,23). The molecule has 1 aromatic heterocycles. The molecule has 0 spiro atoms. The molecule has 0 saturated carbocycles. The van der Waals surface area contributed by atoms with Crippen LogP contribution in [-0.4, -0.2) is 47.7 Å². The molecule has 1 amide bonds. The molecule has 1 unspecified atom stereocenters. The van der Waals surface area contributed by atoms with Gasteiger partial charge in [-0.1, -0.05) is 5.16 Å². The highest BCUT2D eigenvalue weighted by molar-refractivity contribution is 5.78. The van der Waals surface area contributed by atoms with E-state index in [9.17, 15) is 4.79 Å². The number of hydrogen-bond donors (Lipinski definition) is 1. The molecule has 1 N–H and O–H groups in total. The third kappa shape index (κ3) is 4.36. The van der Waals surface area contributed by atoms with Crippen LogP contribution in [0.3, 0.4) is 0 Å². The number of aromatic nitrogens is 2. The van der Waals surface area contributed by atoms with Crippen LogP contribution in [-0.2, 0) is 11.3 Å². The van der Waals surface area contributed by atoms with Gasteiger partial charge in [0.25, 0.3) is 0 Å². The van der Waals surface area contributed by atoms with Gasteiger partial charge in [0.15, 0.2) is 0 Å². The maximum absolute atomic E-state index is 12.0. The van der Waals surface area contributed by atoms with Crippen molar-refractivity contribution in [3.05, 3.63) is 30.2 Å². The third-order valence-corrected chi connectivity index (χ3v) is 4.40. The smallest absolute Gasteiger partial charge is 0.241 e. The van der Waals surface area contributed by atoms with Crippen molar-refractivity contribution in [2.24, 2.45) is 5.92 Å². The number of carbonyl (C=O) groups is 1. The van der Waals surface area contributed by atoms with Crippen molar-refractivity contribution in [1.82, 2.24) is 20.4 Å². The van der Waals surface area contributed by atoms with Gasteiger partial charge in [-0.2, -0.15) is 4.98 Å². The van der Waals surface area contributed by atoms with E-state index in [4.69, 9.17) is 9.26 Å². The first kappa shape index (κ1) is 17.4. The van der Waals surface area contributed by atoms with Crippen molar-refractivity contribution in [3.63, 3.8) is 0 Å². The van der Waals surface area contributed by atoms with E-state index in [-0.39, 0.29) is 11.8 Å². The molecule has 3 rings (SSSR count). The number of amides is 1. The van der Waals surface area contributed by atoms with Crippen molar-refractivity contribution in [1.29, 1.82) is 0 Å². The van der Waals surface area contributed by atoms with Crippen molar-refractivity contribution < 1.29 is 14.1 Å². The van der Waals surface area contributed by atoms with Gasteiger partial charge in [-0.25, -0.2) is 0 Å². The molecule has 7 heteroatoms. The first-order valence-electron chi connectivity index (χ1n) is 8.66. The fourth-order valence-electron chi connectivity index (χ4n) is 3.10. The second-order valence-corrected chi connectivity index (χ2v) is 6.21. The Hall–Kier alpha value is -2.41. The first-order valence-corrected chi connectivity index (χ1v) is 8.66. The maximum atomic E-state index is 12.0. The predicted molar refractivity (Wildman–Crippen MR) is 93.0 cm³/mol. The van der Waals surface area contributed by atoms with Crippen LogP contribution < -0.4 is 10.1 Å². The van der Waals surface area contributed by atoms with E-state index in [1.165, 1.54) is 0 Å². The lowest BCUT2D eigenvalue weighted by Gasteiger charge is -2.30. The zero-order valence-electron chi connectivity index (χ0n) is 14.7. The Morgan fingerprint density at radius 3 is 2.92 bits per heavy atom. The molecule has 0 aliphatic carbocycles. The summed E-state index contributed by atoms with van der Waals surface area (Å²) in [4.78, 5) is 18.7. The summed E-state index contributed by atoms with van der Waals surface area (Å²) >= 11 is 0. The van der Waals surface area contributed by atoms with Crippen molar-refractivity contribution in [3.8, 4) is 17.1 Å². The highest BCUT2D eigenvalue weighted by Gasteiger charge is 2.26. The van der Waals surface area contributed by atoms with Crippen LogP contribution in [0.25, 0.3) is 11.4 Å². The lowest BCUT2D eigenvalue weighted by molar-refractivity contribution is -0.126. The fourth-order valence-corrected chi connectivity index (χ4v) is 3.10. The summed E-state index contributed by atoms with van der Waals surface area (Å²) in [5.41, 5.74) is 0.884. The summed E-state index contributed by atoms with van der Waals surface area (Å²) in [7, 11) is 1.63. The molecule has 2 heterocycles. The summed E-state index contributed by atoms with van der Waals surface area (Å²) in [5, 5.41) is 6.97. The van der Waals surface area contributed by atoms with E-state index in [1.807, 2.05) is 31.2 Å². The number of hydrogen-bond acceptors (Lipinski definition) is 6. The molecule has 2 aromatic rings. The third-order valence-electron chi connectivity index (χ3n) is 4.40. The number of piperidine rings is 1. The zero-order valence-corrected chi connectivity index (χ0v) is 14.7. The first-order chi connectivity index (χ1) is 12.2. The molecule has 1 aromatic carbocycles. The van der Waals surface area contributed by atoms with Gasteiger partial charge in [-0.3, -0.25) is 9.69 Å². The Bertz CT molecular complexity index is 699. The van der Waals surface area contributed by atoms with Crippen molar-refractivity contribution in [2.75, 3.05) is 26.7 Å². The Balaban J connectivity index is 1.61. The van der Waals surface area contributed by atoms with Crippen LogP contribution in [0.1, 0.15) is 25.7 Å². The van der Waals surface area contributed by atoms with E-state index in [0.717, 1.165) is 37.2 Å². The van der Waals surface area contributed by atoms with E-state index in [2.05, 4.69) is 20.4 Å². The molecule has 1 aliphatic heterocycles. The molecule has 0 radical (unpaired) electrons. The highest BCUT2D eigenvalue weighted by Crippen LogP contribution is 2.22. The van der Waals surface area contributed by atoms with Gasteiger partial charge >= 0.3 is 0 Å². The van der Waals surface area contributed by atoms with Crippen molar-refractivity contribution >= 4 is 5.91 Å². The van der Waals surface area contributed by atoms with Gasteiger partial charge in [-0.05, 0) is 50.6 Å². The molecule has 1 atom stereocenters. The molecular weight excluding hydrogens is 320 g/mol. The van der Waals surface area contributed by atoms with Gasteiger partial charge in [-0.15, -0.1) is 0 Å². The minimum Gasteiger partial charge on any atom is -0.497 e. The minimum absolute atomic E-state index is 0.0395. The molecule has 1 aliphatic rings. The second kappa shape index (κ2) is 8.11. The Labute approximate surface area is 147 Å². The zero-order chi connectivity index (χ0) is 17.6. The average Bonchev–Trinajstić information content (AvgIpc) is 3.10. The van der Waals surface area contributed by atoms with Crippen molar-refractivity contribution in [2.45, 2.75) is 26.3 Å². The average molecular weight is 344 g/mol.